The quantitative estimate of drug-likeness (QED) is 0.427. The summed E-state index contributed by atoms with van der Waals surface area (Å²) in [5.74, 6) is 0.717. The number of anilines is 1. The fourth-order valence-corrected chi connectivity index (χ4v) is 4.23. The van der Waals surface area contributed by atoms with E-state index >= 15 is 0 Å². The van der Waals surface area contributed by atoms with Crippen molar-refractivity contribution < 1.29 is 9.59 Å². The molecule has 2 amide bonds. The summed E-state index contributed by atoms with van der Waals surface area (Å²) in [6, 6.07) is 15.6. The van der Waals surface area contributed by atoms with Gasteiger partial charge in [-0.15, -0.1) is 0 Å². The van der Waals surface area contributed by atoms with Crippen LogP contribution >= 0.6 is 0 Å². The summed E-state index contributed by atoms with van der Waals surface area (Å²) in [6.07, 6.45) is 11.4. The number of amides is 2. The summed E-state index contributed by atoms with van der Waals surface area (Å²) in [6.45, 7) is 2.95. The molecule has 0 radical (unpaired) electrons. The molecule has 0 aliphatic heterocycles. The van der Waals surface area contributed by atoms with Gasteiger partial charge in [-0.3, -0.25) is 9.59 Å². The van der Waals surface area contributed by atoms with E-state index < -0.39 is 0 Å². The molecule has 31 heavy (non-hydrogen) atoms. The van der Waals surface area contributed by atoms with E-state index in [0.29, 0.717) is 17.9 Å². The van der Waals surface area contributed by atoms with Gasteiger partial charge in [0.25, 0.3) is 5.91 Å². The van der Waals surface area contributed by atoms with Crippen LogP contribution in [0.2, 0.25) is 0 Å². The normalized spacial score (nSPS) is 14.2. The Hall–Kier alpha value is -2.62. The van der Waals surface area contributed by atoms with Gasteiger partial charge in [0.1, 0.15) is 0 Å². The third kappa shape index (κ3) is 7.54. The van der Waals surface area contributed by atoms with Crippen LogP contribution in [0.4, 0.5) is 5.69 Å². The predicted octanol–water partition coefficient (Wildman–Crippen LogP) is 6.57. The minimum Gasteiger partial charge on any atom is -0.352 e. The van der Waals surface area contributed by atoms with Crippen LogP contribution in [0, 0.1) is 5.92 Å². The van der Waals surface area contributed by atoms with Crippen molar-refractivity contribution in [2.75, 3.05) is 11.9 Å². The lowest BCUT2D eigenvalue weighted by atomic mass is 9.89. The molecule has 0 heterocycles. The van der Waals surface area contributed by atoms with Gasteiger partial charge < -0.3 is 10.6 Å². The van der Waals surface area contributed by atoms with E-state index in [1.165, 1.54) is 44.9 Å². The van der Waals surface area contributed by atoms with Crippen molar-refractivity contribution in [1.82, 2.24) is 5.32 Å². The largest absolute Gasteiger partial charge is 0.352 e. The number of hydrogen-bond acceptors (Lipinski definition) is 2. The molecule has 1 aliphatic rings. The van der Waals surface area contributed by atoms with E-state index in [9.17, 15) is 9.59 Å². The average molecular weight is 421 g/mol. The third-order valence-corrected chi connectivity index (χ3v) is 6.18. The molecule has 2 aromatic rings. The molecule has 0 atom stereocenters. The number of carbonyl (C=O) groups excluding carboxylic acids is 2. The summed E-state index contributed by atoms with van der Waals surface area (Å²) in [5.41, 5.74) is 3.64. The second-order valence-electron chi connectivity index (χ2n) is 8.73. The first kappa shape index (κ1) is 23.1. The highest BCUT2D eigenvalue weighted by atomic mass is 16.2. The molecule has 3 rings (SSSR count). The highest BCUT2D eigenvalue weighted by Gasteiger charge is 2.15. The molecule has 0 bridgehead atoms. The standard InChI is InChI=1S/C27H36N2O2/c1-2-3-4-8-11-26(30)29-25-18-16-23(17-19-25)22-12-14-24(15-13-22)27(31)28-20-21-9-6-5-7-10-21/h12-19,21H,2-11,20H2,1H3,(H,28,31)(H,29,30). The maximum absolute atomic E-state index is 12.4. The van der Waals surface area contributed by atoms with E-state index in [1.807, 2.05) is 48.5 Å². The van der Waals surface area contributed by atoms with E-state index in [0.717, 1.165) is 36.2 Å². The molecule has 1 aliphatic carbocycles. The van der Waals surface area contributed by atoms with E-state index in [-0.39, 0.29) is 11.8 Å². The topological polar surface area (TPSA) is 58.2 Å². The summed E-state index contributed by atoms with van der Waals surface area (Å²) in [7, 11) is 0. The molecule has 0 unspecified atom stereocenters. The fourth-order valence-electron chi connectivity index (χ4n) is 4.23. The van der Waals surface area contributed by atoms with Crippen LogP contribution in [0.1, 0.15) is 81.5 Å². The molecule has 2 N–H and O–H groups in total. The van der Waals surface area contributed by atoms with Crippen molar-refractivity contribution in [3.8, 4) is 11.1 Å². The Kier molecular flexibility index (Phi) is 9.14. The lowest BCUT2D eigenvalue weighted by Crippen LogP contribution is -2.30. The van der Waals surface area contributed by atoms with Crippen LogP contribution in [0.25, 0.3) is 11.1 Å². The molecule has 166 valence electrons. The third-order valence-electron chi connectivity index (χ3n) is 6.18. The molecule has 4 heteroatoms. The van der Waals surface area contributed by atoms with Crippen molar-refractivity contribution in [2.24, 2.45) is 5.92 Å². The highest BCUT2D eigenvalue weighted by Crippen LogP contribution is 2.24. The maximum Gasteiger partial charge on any atom is 0.251 e. The number of nitrogens with one attached hydrogen (secondary N) is 2. The maximum atomic E-state index is 12.4. The molecule has 0 spiro atoms. The van der Waals surface area contributed by atoms with Gasteiger partial charge in [0.2, 0.25) is 5.91 Å². The minimum absolute atomic E-state index is 0.00844. The van der Waals surface area contributed by atoms with E-state index in [1.54, 1.807) is 0 Å². The van der Waals surface area contributed by atoms with E-state index in [4.69, 9.17) is 0 Å². The minimum atomic E-state index is 0.00844. The van der Waals surface area contributed by atoms with Crippen LogP contribution in [-0.4, -0.2) is 18.4 Å². The monoisotopic (exact) mass is 420 g/mol. The number of hydrogen-bond donors (Lipinski definition) is 2. The summed E-state index contributed by atoms with van der Waals surface area (Å²) >= 11 is 0. The van der Waals surface area contributed by atoms with Crippen molar-refractivity contribution in [2.45, 2.75) is 71.1 Å². The Bertz CT molecular complexity index is 821. The van der Waals surface area contributed by atoms with Crippen LogP contribution in [0.5, 0.6) is 0 Å². The fraction of sp³-hybridized carbons (Fsp3) is 0.481. The van der Waals surface area contributed by atoms with Crippen LogP contribution < -0.4 is 10.6 Å². The summed E-state index contributed by atoms with van der Waals surface area (Å²) < 4.78 is 0. The van der Waals surface area contributed by atoms with Crippen molar-refractivity contribution in [3.05, 3.63) is 54.1 Å². The average Bonchev–Trinajstić information content (AvgIpc) is 2.81. The lowest BCUT2D eigenvalue weighted by molar-refractivity contribution is -0.116. The Balaban J connectivity index is 1.48. The SMILES string of the molecule is CCCCCCC(=O)Nc1ccc(-c2ccc(C(=O)NCC3CCCCC3)cc2)cc1. The second kappa shape index (κ2) is 12.3. The zero-order valence-corrected chi connectivity index (χ0v) is 18.8. The zero-order chi connectivity index (χ0) is 21.9. The van der Waals surface area contributed by atoms with Gasteiger partial charge in [0.05, 0.1) is 0 Å². The first-order chi connectivity index (χ1) is 15.2. The molecule has 2 aromatic carbocycles. The van der Waals surface area contributed by atoms with Crippen molar-refractivity contribution in [3.63, 3.8) is 0 Å². The zero-order valence-electron chi connectivity index (χ0n) is 18.8. The Morgan fingerprint density at radius 1 is 0.839 bits per heavy atom. The highest BCUT2D eigenvalue weighted by molar-refractivity contribution is 5.94. The summed E-state index contributed by atoms with van der Waals surface area (Å²) in [5, 5.41) is 6.07. The van der Waals surface area contributed by atoms with E-state index in [2.05, 4.69) is 17.6 Å². The van der Waals surface area contributed by atoms with Gasteiger partial charge >= 0.3 is 0 Å². The Morgan fingerprint density at radius 3 is 2.13 bits per heavy atom. The Labute approximate surface area is 186 Å². The van der Waals surface area contributed by atoms with Crippen LogP contribution in [-0.2, 0) is 4.79 Å². The first-order valence-electron chi connectivity index (χ1n) is 11.9. The lowest BCUT2D eigenvalue weighted by Gasteiger charge is -2.21. The van der Waals surface area contributed by atoms with Crippen molar-refractivity contribution in [1.29, 1.82) is 0 Å². The molecule has 0 saturated heterocycles. The smallest absolute Gasteiger partial charge is 0.251 e. The number of benzene rings is 2. The predicted molar refractivity (Wildman–Crippen MR) is 128 cm³/mol. The van der Waals surface area contributed by atoms with Crippen LogP contribution in [0.3, 0.4) is 0 Å². The molecule has 1 fully saturated rings. The van der Waals surface area contributed by atoms with Gasteiger partial charge in [0, 0.05) is 24.2 Å². The van der Waals surface area contributed by atoms with Gasteiger partial charge in [-0.05, 0) is 60.6 Å². The number of carbonyl (C=O) groups is 2. The number of rotatable bonds is 10. The van der Waals surface area contributed by atoms with Gasteiger partial charge in [-0.25, -0.2) is 0 Å². The molecule has 1 saturated carbocycles. The summed E-state index contributed by atoms with van der Waals surface area (Å²) in [4.78, 5) is 24.5. The molecular formula is C27H36N2O2. The van der Waals surface area contributed by atoms with Crippen molar-refractivity contribution >= 4 is 17.5 Å². The Morgan fingerprint density at radius 2 is 1.48 bits per heavy atom. The van der Waals surface area contributed by atoms with Gasteiger partial charge in [0.15, 0.2) is 0 Å². The molecular weight excluding hydrogens is 384 g/mol. The number of unbranched alkanes of at least 4 members (excludes halogenated alkanes) is 3. The van der Waals surface area contributed by atoms with Crippen LogP contribution in [0.15, 0.2) is 48.5 Å². The molecule has 0 aromatic heterocycles. The first-order valence-corrected chi connectivity index (χ1v) is 11.9. The van der Waals surface area contributed by atoms with Gasteiger partial charge in [-0.2, -0.15) is 0 Å². The van der Waals surface area contributed by atoms with Gasteiger partial charge in [-0.1, -0.05) is 69.7 Å². The second-order valence-corrected chi connectivity index (χ2v) is 8.73. The molecule has 4 nitrogen and oxygen atoms in total.